The molecule has 1 heterocycles. The highest BCUT2D eigenvalue weighted by Crippen LogP contribution is 2.31. The number of amides is 1. The Morgan fingerprint density at radius 2 is 1.74 bits per heavy atom. The summed E-state index contributed by atoms with van der Waals surface area (Å²) >= 11 is 2.83. The molecule has 0 saturated carbocycles. The first kappa shape index (κ1) is 19.2. The number of nitrogens with one attached hydrogen (secondary N) is 1. The van der Waals surface area contributed by atoms with Crippen LogP contribution >= 0.6 is 23.1 Å². The second-order valence-corrected chi connectivity index (χ2v) is 8.50. The van der Waals surface area contributed by atoms with Crippen LogP contribution in [0.1, 0.15) is 6.92 Å². The van der Waals surface area contributed by atoms with E-state index in [4.69, 9.17) is 4.74 Å². The minimum Gasteiger partial charge on any atom is -0.457 e. The van der Waals surface area contributed by atoms with E-state index >= 15 is 0 Å². The number of carbonyl (C=O) groups is 1. The molecule has 0 radical (unpaired) electrons. The Morgan fingerprint density at radius 1 is 1.07 bits per heavy atom. The average molecular weight is 401 g/mol. The van der Waals surface area contributed by atoms with Crippen molar-refractivity contribution in [1.29, 1.82) is 0 Å². The minimum absolute atomic E-state index is 0.0544. The first-order valence-corrected chi connectivity index (χ1v) is 10.0. The van der Waals surface area contributed by atoms with Crippen molar-refractivity contribution in [1.82, 2.24) is 15.1 Å². The molecule has 27 heavy (non-hydrogen) atoms. The Balaban J connectivity index is 1.58. The van der Waals surface area contributed by atoms with E-state index in [1.54, 1.807) is 19.0 Å². The molecule has 1 N–H and O–H groups in total. The lowest BCUT2D eigenvalue weighted by Crippen LogP contribution is -2.29. The summed E-state index contributed by atoms with van der Waals surface area (Å²) in [5.41, 5.74) is 0.889. The highest BCUT2D eigenvalue weighted by molar-refractivity contribution is 8.02. The molecule has 8 heteroatoms. The van der Waals surface area contributed by atoms with Crippen LogP contribution in [0, 0.1) is 0 Å². The van der Waals surface area contributed by atoms with Crippen LogP contribution in [-0.4, -0.2) is 40.3 Å². The van der Waals surface area contributed by atoms with E-state index < -0.39 is 0 Å². The molecule has 0 bridgehead atoms. The van der Waals surface area contributed by atoms with Crippen LogP contribution < -0.4 is 10.1 Å². The fourth-order valence-corrected chi connectivity index (χ4v) is 4.29. The van der Waals surface area contributed by atoms with Gasteiger partial charge in [0.25, 0.3) is 0 Å². The molecular weight excluding hydrogens is 380 g/mol. The van der Waals surface area contributed by atoms with E-state index in [-0.39, 0.29) is 11.2 Å². The van der Waals surface area contributed by atoms with E-state index in [1.165, 1.54) is 23.1 Å². The van der Waals surface area contributed by atoms with E-state index in [1.807, 2.05) is 61.5 Å². The maximum absolute atomic E-state index is 11.9. The monoisotopic (exact) mass is 400 g/mol. The number of hydrogen-bond donors (Lipinski definition) is 1. The van der Waals surface area contributed by atoms with Crippen molar-refractivity contribution in [2.45, 2.75) is 16.5 Å². The van der Waals surface area contributed by atoms with Crippen LogP contribution in [0.25, 0.3) is 0 Å². The molecule has 0 unspecified atom stereocenters. The van der Waals surface area contributed by atoms with Crippen LogP contribution in [-0.2, 0) is 4.79 Å². The topological polar surface area (TPSA) is 67.4 Å². The quantitative estimate of drug-likeness (QED) is 0.583. The Hall–Kier alpha value is -2.58. The maximum atomic E-state index is 11.9. The Labute approximate surface area is 166 Å². The average Bonchev–Trinajstić information content (AvgIpc) is 3.10. The maximum Gasteiger partial charge on any atom is 0.235 e. The lowest BCUT2D eigenvalue weighted by Gasteiger charge is -2.14. The smallest absolute Gasteiger partial charge is 0.235 e. The number of carbonyl (C=O) groups excluding carboxylic acids is 1. The summed E-state index contributed by atoms with van der Waals surface area (Å²) in [6, 6.07) is 17.3. The van der Waals surface area contributed by atoms with Gasteiger partial charge in [-0.05, 0) is 43.3 Å². The van der Waals surface area contributed by atoms with Crippen LogP contribution in [0.4, 0.5) is 10.8 Å². The van der Waals surface area contributed by atoms with Gasteiger partial charge in [-0.3, -0.25) is 4.79 Å². The van der Waals surface area contributed by atoms with E-state index in [0.717, 1.165) is 21.5 Å². The van der Waals surface area contributed by atoms with Gasteiger partial charge in [0, 0.05) is 19.8 Å². The summed E-state index contributed by atoms with van der Waals surface area (Å²) in [4.78, 5) is 13.5. The summed E-state index contributed by atoms with van der Waals surface area (Å²) in [6.07, 6.45) is 0. The fourth-order valence-electron chi connectivity index (χ4n) is 2.23. The summed E-state index contributed by atoms with van der Waals surface area (Å²) in [6.45, 7) is 1.87. The van der Waals surface area contributed by atoms with E-state index in [2.05, 4.69) is 15.5 Å². The molecule has 1 aromatic heterocycles. The second-order valence-electron chi connectivity index (χ2n) is 5.93. The van der Waals surface area contributed by atoms with Gasteiger partial charge in [0.2, 0.25) is 11.0 Å². The predicted octanol–water partition coefficient (Wildman–Crippen LogP) is 4.64. The summed E-state index contributed by atoms with van der Waals surface area (Å²) < 4.78 is 6.53. The Bertz CT molecular complexity index is 882. The van der Waals surface area contributed by atoms with Crippen molar-refractivity contribution < 1.29 is 9.53 Å². The van der Waals surface area contributed by atoms with Crippen molar-refractivity contribution in [3.63, 3.8) is 0 Å². The first-order valence-electron chi connectivity index (χ1n) is 8.32. The lowest BCUT2D eigenvalue weighted by atomic mass is 10.3. The molecule has 0 aliphatic rings. The zero-order chi connectivity index (χ0) is 19.2. The van der Waals surface area contributed by atoms with Crippen molar-refractivity contribution in [3.05, 3.63) is 54.6 Å². The van der Waals surface area contributed by atoms with Gasteiger partial charge in [0.15, 0.2) is 4.34 Å². The number of para-hydroxylation sites is 1. The molecule has 0 spiro atoms. The largest absolute Gasteiger partial charge is 0.457 e. The van der Waals surface area contributed by atoms with Gasteiger partial charge in [-0.2, -0.15) is 0 Å². The van der Waals surface area contributed by atoms with Crippen LogP contribution in [0.2, 0.25) is 0 Å². The molecule has 0 aliphatic heterocycles. The predicted molar refractivity (Wildman–Crippen MR) is 110 cm³/mol. The zero-order valence-corrected chi connectivity index (χ0v) is 16.9. The van der Waals surface area contributed by atoms with Gasteiger partial charge in [-0.25, -0.2) is 0 Å². The molecule has 0 fully saturated rings. The molecule has 3 aromatic rings. The first-order chi connectivity index (χ1) is 13.0. The second kappa shape index (κ2) is 8.88. The molecule has 6 nitrogen and oxygen atoms in total. The van der Waals surface area contributed by atoms with Gasteiger partial charge in [0.1, 0.15) is 11.5 Å². The normalized spacial score (nSPS) is 11.7. The van der Waals surface area contributed by atoms with E-state index in [0.29, 0.717) is 5.13 Å². The van der Waals surface area contributed by atoms with Gasteiger partial charge < -0.3 is 15.0 Å². The minimum atomic E-state index is -0.199. The molecule has 2 aromatic carbocycles. The molecule has 0 aliphatic carbocycles. The number of anilines is 2. The van der Waals surface area contributed by atoms with Crippen molar-refractivity contribution >= 4 is 39.8 Å². The summed E-state index contributed by atoms with van der Waals surface area (Å²) in [7, 11) is 3.50. The third-order valence-electron chi connectivity index (χ3n) is 3.56. The molecule has 1 atom stereocenters. The molecule has 0 saturated heterocycles. The SMILES string of the molecule is C[C@H](Sc1nnc(Nc2ccc(Oc3ccccc3)cc2)s1)C(=O)N(C)C. The highest BCUT2D eigenvalue weighted by Gasteiger charge is 2.18. The summed E-state index contributed by atoms with van der Waals surface area (Å²) in [5, 5.41) is 12.0. The van der Waals surface area contributed by atoms with Crippen molar-refractivity contribution in [3.8, 4) is 11.5 Å². The van der Waals surface area contributed by atoms with Gasteiger partial charge in [-0.15, -0.1) is 10.2 Å². The number of nitrogens with zero attached hydrogens (tertiary/aromatic N) is 3. The van der Waals surface area contributed by atoms with Crippen LogP contribution in [0.3, 0.4) is 0 Å². The number of benzene rings is 2. The fraction of sp³-hybridized carbons (Fsp3) is 0.211. The standard InChI is InChI=1S/C19H20N4O2S2/c1-13(17(24)23(2)3)26-19-22-21-18(27-19)20-14-9-11-16(12-10-14)25-15-7-5-4-6-8-15/h4-13H,1-3H3,(H,20,21)/t13-/m0/s1. The number of thioether (sulfide) groups is 1. The number of hydrogen-bond acceptors (Lipinski definition) is 7. The van der Waals surface area contributed by atoms with Crippen LogP contribution in [0.15, 0.2) is 58.9 Å². The summed E-state index contributed by atoms with van der Waals surface area (Å²) in [5.74, 6) is 1.61. The van der Waals surface area contributed by atoms with Gasteiger partial charge in [-0.1, -0.05) is 41.3 Å². The Kier molecular flexibility index (Phi) is 6.31. The number of rotatable bonds is 7. The lowest BCUT2D eigenvalue weighted by molar-refractivity contribution is -0.127. The molecule has 3 rings (SSSR count). The third-order valence-corrected chi connectivity index (χ3v) is 5.57. The van der Waals surface area contributed by atoms with Crippen LogP contribution in [0.5, 0.6) is 11.5 Å². The van der Waals surface area contributed by atoms with E-state index in [9.17, 15) is 4.79 Å². The van der Waals surface area contributed by atoms with Crippen molar-refractivity contribution in [2.24, 2.45) is 0 Å². The van der Waals surface area contributed by atoms with Crippen molar-refractivity contribution in [2.75, 3.05) is 19.4 Å². The third kappa shape index (κ3) is 5.45. The van der Waals surface area contributed by atoms with Gasteiger partial charge in [0.05, 0.1) is 5.25 Å². The molecule has 140 valence electrons. The zero-order valence-electron chi connectivity index (χ0n) is 15.2. The molecular formula is C19H20N4O2S2. The van der Waals surface area contributed by atoms with Gasteiger partial charge >= 0.3 is 0 Å². The number of aromatic nitrogens is 2. The highest BCUT2D eigenvalue weighted by atomic mass is 32.2. The Morgan fingerprint density at radius 3 is 2.41 bits per heavy atom. The molecule has 1 amide bonds. The number of ether oxygens (including phenoxy) is 1.